The number of anilines is 2. The van der Waals surface area contributed by atoms with Gasteiger partial charge in [-0.15, -0.1) is 0 Å². The molecule has 3 rings (SSSR count). The third-order valence-electron chi connectivity index (χ3n) is 4.68. The van der Waals surface area contributed by atoms with Gasteiger partial charge in [0.05, 0.1) is 10.6 Å². The van der Waals surface area contributed by atoms with Crippen LogP contribution in [0.1, 0.15) is 18.1 Å². The molecule has 0 fully saturated rings. The van der Waals surface area contributed by atoms with Gasteiger partial charge < -0.3 is 5.32 Å². The van der Waals surface area contributed by atoms with E-state index < -0.39 is 22.5 Å². The van der Waals surface area contributed by atoms with Crippen molar-refractivity contribution in [3.05, 3.63) is 87.9 Å². The predicted octanol–water partition coefficient (Wildman–Crippen LogP) is 5.70. The average molecular weight is 477 g/mol. The molecule has 0 aliphatic carbocycles. The van der Waals surface area contributed by atoms with E-state index in [2.05, 4.69) is 5.32 Å². The molecule has 5 nitrogen and oxygen atoms in total. The number of carbonyl (C=O) groups is 1. The van der Waals surface area contributed by atoms with Crippen LogP contribution in [0.15, 0.2) is 71.6 Å². The van der Waals surface area contributed by atoms with Gasteiger partial charge in [0.25, 0.3) is 10.0 Å². The molecule has 0 saturated heterocycles. The Hall–Kier alpha value is -2.54. The number of aryl methyl sites for hydroxylation is 2. The Morgan fingerprint density at radius 3 is 2.06 bits per heavy atom. The van der Waals surface area contributed by atoms with Crippen LogP contribution >= 0.6 is 23.2 Å². The second kappa shape index (κ2) is 9.73. The van der Waals surface area contributed by atoms with Gasteiger partial charge in [0.1, 0.15) is 6.54 Å². The molecule has 3 aromatic rings. The smallest absolute Gasteiger partial charge is 0.264 e. The molecule has 3 aromatic carbocycles. The first-order valence-electron chi connectivity index (χ1n) is 9.63. The van der Waals surface area contributed by atoms with Gasteiger partial charge in [-0.25, -0.2) is 8.42 Å². The van der Waals surface area contributed by atoms with E-state index in [1.165, 1.54) is 30.3 Å². The van der Waals surface area contributed by atoms with Gasteiger partial charge in [-0.2, -0.15) is 0 Å². The quantitative estimate of drug-likeness (QED) is 0.475. The van der Waals surface area contributed by atoms with Crippen molar-refractivity contribution in [2.75, 3.05) is 16.2 Å². The fourth-order valence-electron chi connectivity index (χ4n) is 2.99. The zero-order valence-corrected chi connectivity index (χ0v) is 19.4. The Bertz CT molecular complexity index is 1160. The summed E-state index contributed by atoms with van der Waals surface area (Å²) < 4.78 is 27.8. The number of hydrogen-bond donors (Lipinski definition) is 1. The standard InChI is InChI=1S/C23H22Cl2N2O3S/c1-3-17-6-8-20(9-7-17)26-23(28)15-27(21-13-18(24)12-19(25)14-21)31(29,30)22-10-4-16(2)5-11-22/h4-14H,3,15H2,1-2H3,(H,26,28). The van der Waals surface area contributed by atoms with Crippen molar-refractivity contribution >= 4 is 50.5 Å². The highest BCUT2D eigenvalue weighted by Crippen LogP contribution is 2.30. The largest absolute Gasteiger partial charge is 0.325 e. The summed E-state index contributed by atoms with van der Waals surface area (Å²) in [5.41, 5.74) is 2.84. The van der Waals surface area contributed by atoms with E-state index in [0.717, 1.165) is 21.9 Å². The molecule has 0 saturated carbocycles. The number of amides is 1. The van der Waals surface area contributed by atoms with Gasteiger partial charge >= 0.3 is 0 Å². The normalized spacial score (nSPS) is 11.2. The van der Waals surface area contributed by atoms with Gasteiger partial charge in [-0.05, 0) is 61.4 Å². The highest BCUT2D eigenvalue weighted by atomic mass is 35.5. The number of rotatable bonds is 7. The number of benzene rings is 3. The van der Waals surface area contributed by atoms with Crippen LogP contribution in [0.25, 0.3) is 0 Å². The predicted molar refractivity (Wildman–Crippen MR) is 127 cm³/mol. The van der Waals surface area contributed by atoms with Crippen molar-refractivity contribution in [2.45, 2.75) is 25.2 Å². The van der Waals surface area contributed by atoms with Gasteiger partial charge in [0.2, 0.25) is 5.91 Å². The Morgan fingerprint density at radius 2 is 1.52 bits per heavy atom. The molecule has 0 aliphatic rings. The number of hydrogen-bond acceptors (Lipinski definition) is 3. The first-order chi connectivity index (χ1) is 14.7. The molecule has 162 valence electrons. The van der Waals surface area contributed by atoms with E-state index in [1.807, 2.05) is 26.0 Å². The van der Waals surface area contributed by atoms with Crippen LogP contribution < -0.4 is 9.62 Å². The third-order valence-corrected chi connectivity index (χ3v) is 6.90. The lowest BCUT2D eigenvalue weighted by atomic mass is 10.1. The Morgan fingerprint density at radius 1 is 0.935 bits per heavy atom. The fourth-order valence-corrected chi connectivity index (χ4v) is 4.91. The molecule has 1 amide bonds. The molecule has 0 atom stereocenters. The highest BCUT2D eigenvalue weighted by Gasteiger charge is 2.28. The summed E-state index contributed by atoms with van der Waals surface area (Å²) in [5, 5.41) is 3.28. The number of halogens is 2. The van der Waals surface area contributed by atoms with Crippen LogP contribution in [0, 0.1) is 6.92 Å². The van der Waals surface area contributed by atoms with Crippen molar-refractivity contribution in [3.8, 4) is 0 Å². The molecule has 0 spiro atoms. The summed E-state index contributed by atoms with van der Waals surface area (Å²) in [7, 11) is -4.05. The summed E-state index contributed by atoms with van der Waals surface area (Å²) in [6, 6.07) is 18.2. The van der Waals surface area contributed by atoms with Gasteiger partial charge in [-0.3, -0.25) is 9.10 Å². The average Bonchev–Trinajstić information content (AvgIpc) is 2.72. The van der Waals surface area contributed by atoms with Gasteiger partial charge in [0.15, 0.2) is 0 Å². The van der Waals surface area contributed by atoms with Crippen molar-refractivity contribution < 1.29 is 13.2 Å². The maximum absolute atomic E-state index is 13.4. The summed E-state index contributed by atoms with van der Waals surface area (Å²) in [6.07, 6.45) is 0.881. The summed E-state index contributed by atoms with van der Waals surface area (Å²) in [5.74, 6) is -0.490. The Labute approximate surface area is 192 Å². The highest BCUT2D eigenvalue weighted by molar-refractivity contribution is 7.92. The topological polar surface area (TPSA) is 66.5 Å². The van der Waals surface area contributed by atoms with Crippen LogP contribution in [0.5, 0.6) is 0 Å². The van der Waals surface area contributed by atoms with Gasteiger partial charge in [0, 0.05) is 15.7 Å². The summed E-state index contributed by atoms with van der Waals surface area (Å²) in [6.45, 7) is 3.46. The van der Waals surface area contributed by atoms with Crippen molar-refractivity contribution in [1.82, 2.24) is 0 Å². The Balaban J connectivity index is 1.95. The van der Waals surface area contributed by atoms with Crippen molar-refractivity contribution in [3.63, 3.8) is 0 Å². The molecule has 0 unspecified atom stereocenters. The molecular formula is C23H22Cl2N2O3S. The van der Waals surface area contributed by atoms with Crippen molar-refractivity contribution in [2.24, 2.45) is 0 Å². The number of carbonyl (C=O) groups excluding carboxylic acids is 1. The van der Waals surface area contributed by atoms with E-state index >= 15 is 0 Å². The monoisotopic (exact) mass is 476 g/mol. The van der Waals surface area contributed by atoms with Crippen LogP contribution in [-0.2, 0) is 21.2 Å². The van der Waals surface area contributed by atoms with E-state index in [9.17, 15) is 13.2 Å². The molecule has 0 aliphatic heterocycles. The van der Waals surface area contributed by atoms with E-state index in [4.69, 9.17) is 23.2 Å². The molecule has 0 bridgehead atoms. The fraction of sp³-hybridized carbons (Fsp3) is 0.174. The second-order valence-corrected chi connectivity index (χ2v) is 9.79. The Kier molecular flexibility index (Phi) is 7.26. The zero-order valence-electron chi connectivity index (χ0n) is 17.1. The van der Waals surface area contributed by atoms with Crippen molar-refractivity contribution in [1.29, 1.82) is 0 Å². The third kappa shape index (κ3) is 5.79. The lowest BCUT2D eigenvalue weighted by molar-refractivity contribution is -0.114. The molecule has 1 N–H and O–H groups in total. The molecule has 31 heavy (non-hydrogen) atoms. The maximum atomic E-state index is 13.4. The van der Waals surface area contributed by atoms with Crippen LogP contribution in [0.2, 0.25) is 10.0 Å². The molecule has 0 radical (unpaired) electrons. The minimum atomic E-state index is -4.05. The lowest BCUT2D eigenvalue weighted by Gasteiger charge is -2.24. The van der Waals surface area contributed by atoms with Crippen LogP contribution in [0.4, 0.5) is 11.4 Å². The number of nitrogens with one attached hydrogen (secondary N) is 1. The summed E-state index contributed by atoms with van der Waals surface area (Å²) >= 11 is 12.2. The van der Waals surface area contributed by atoms with E-state index in [-0.39, 0.29) is 20.6 Å². The SMILES string of the molecule is CCc1ccc(NC(=O)CN(c2cc(Cl)cc(Cl)c2)S(=O)(=O)c2ccc(C)cc2)cc1. The minimum Gasteiger partial charge on any atom is -0.325 e. The minimum absolute atomic E-state index is 0.0642. The lowest BCUT2D eigenvalue weighted by Crippen LogP contribution is -2.38. The molecular weight excluding hydrogens is 455 g/mol. The number of sulfonamides is 1. The maximum Gasteiger partial charge on any atom is 0.264 e. The molecule has 8 heteroatoms. The van der Waals surface area contributed by atoms with Crippen LogP contribution in [-0.4, -0.2) is 20.9 Å². The second-order valence-electron chi connectivity index (χ2n) is 7.05. The van der Waals surface area contributed by atoms with E-state index in [0.29, 0.717) is 5.69 Å². The zero-order chi connectivity index (χ0) is 22.6. The summed E-state index contributed by atoms with van der Waals surface area (Å²) in [4.78, 5) is 12.8. The van der Waals surface area contributed by atoms with E-state index in [1.54, 1.807) is 24.3 Å². The number of nitrogens with zero attached hydrogens (tertiary/aromatic N) is 1. The van der Waals surface area contributed by atoms with Gasteiger partial charge in [-0.1, -0.05) is 60.0 Å². The molecule has 0 heterocycles. The first-order valence-corrected chi connectivity index (χ1v) is 11.8. The van der Waals surface area contributed by atoms with Crippen LogP contribution in [0.3, 0.4) is 0 Å². The molecule has 0 aromatic heterocycles. The first kappa shape index (κ1) is 23.1.